The Morgan fingerprint density at radius 1 is 1.17 bits per heavy atom. The predicted molar refractivity (Wildman–Crippen MR) is 112 cm³/mol. The van der Waals surface area contributed by atoms with Gasteiger partial charge in [-0.1, -0.05) is 6.07 Å². The van der Waals surface area contributed by atoms with Crippen molar-refractivity contribution < 1.29 is 4.79 Å². The van der Waals surface area contributed by atoms with Gasteiger partial charge in [0.1, 0.15) is 5.82 Å². The van der Waals surface area contributed by atoms with Crippen molar-refractivity contribution >= 4 is 5.91 Å². The molecule has 1 amide bonds. The van der Waals surface area contributed by atoms with E-state index < -0.39 is 0 Å². The SMILES string of the molecule is Cc1cccc(CN2CCC(N3CCC(C(=O)NCc4ncc[nH]4)CC3)CC2)n1. The van der Waals surface area contributed by atoms with Gasteiger partial charge in [-0.05, 0) is 57.8 Å². The highest BCUT2D eigenvalue weighted by atomic mass is 16.1. The van der Waals surface area contributed by atoms with Crippen molar-refractivity contribution in [3.63, 3.8) is 0 Å². The summed E-state index contributed by atoms with van der Waals surface area (Å²) in [7, 11) is 0. The van der Waals surface area contributed by atoms with Crippen LogP contribution >= 0.6 is 0 Å². The number of hydrogen-bond acceptors (Lipinski definition) is 5. The van der Waals surface area contributed by atoms with E-state index in [1.54, 1.807) is 12.4 Å². The summed E-state index contributed by atoms with van der Waals surface area (Å²) in [6.45, 7) is 7.81. The highest BCUT2D eigenvalue weighted by molar-refractivity contribution is 5.78. The van der Waals surface area contributed by atoms with Crippen molar-refractivity contribution in [2.45, 2.75) is 51.7 Å². The van der Waals surface area contributed by atoms with Crippen LogP contribution in [0.1, 0.15) is 42.9 Å². The zero-order valence-electron chi connectivity index (χ0n) is 17.3. The molecule has 0 saturated carbocycles. The largest absolute Gasteiger partial charge is 0.349 e. The molecule has 0 atom stereocenters. The summed E-state index contributed by atoms with van der Waals surface area (Å²) < 4.78 is 0. The van der Waals surface area contributed by atoms with E-state index in [0.29, 0.717) is 12.6 Å². The van der Waals surface area contributed by atoms with Crippen LogP contribution in [0, 0.1) is 12.8 Å². The fraction of sp³-hybridized carbons (Fsp3) is 0.591. The summed E-state index contributed by atoms with van der Waals surface area (Å²) in [5.74, 6) is 1.11. The molecule has 0 aliphatic carbocycles. The number of amides is 1. The molecule has 0 spiro atoms. The minimum atomic E-state index is 0.133. The lowest BCUT2D eigenvalue weighted by molar-refractivity contribution is -0.126. The Bertz CT molecular complexity index is 776. The van der Waals surface area contributed by atoms with Gasteiger partial charge >= 0.3 is 0 Å². The number of aryl methyl sites for hydroxylation is 1. The first kappa shape index (κ1) is 20.0. The molecule has 0 bridgehead atoms. The van der Waals surface area contributed by atoms with Gasteiger partial charge in [0.25, 0.3) is 0 Å². The Hall–Kier alpha value is -2.25. The third-order valence-corrected chi connectivity index (χ3v) is 6.29. The Morgan fingerprint density at radius 3 is 2.66 bits per heavy atom. The molecule has 7 nitrogen and oxygen atoms in total. The first-order valence-corrected chi connectivity index (χ1v) is 10.8. The van der Waals surface area contributed by atoms with Crippen LogP contribution in [-0.2, 0) is 17.9 Å². The van der Waals surface area contributed by atoms with Crippen LogP contribution in [0.3, 0.4) is 0 Å². The maximum absolute atomic E-state index is 12.4. The average molecular weight is 397 g/mol. The molecular formula is C22H32N6O. The minimum Gasteiger partial charge on any atom is -0.349 e. The number of hydrogen-bond donors (Lipinski definition) is 2. The molecule has 2 aromatic heterocycles. The fourth-order valence-corrected chi connectivity index (χ4v) is 4.60. The number of nitrogens with zero attached hydrogens (tertiary/aromatic N) is 4. The van der Waals surface area contributed by atoms with Gasteiger partial charge in [0.2, 0.25) is 5.91 Å². The monoisotopic (exact) mass is 396 g/mol. The summed E-state index contributed by atoms with van der Waals surface area (Å²) in [4.78, 5) is 29.4. The van der Waals surface area contributed by atoms with Gasteiger partial charge in [0.15, 0.2) is 0 Å². The van der Waals surface area contributed by atoms with Gasteiger partial charge < -0.3 is 15.2 Å². The number of pyridine rings is 1. The second kappa shape index (κ2) is 9.50. The molecule has 2 N–H and O–H groups in total. The average Bonchev–Trinajstić information content (AvgIpc) is 3.26. The van der Waals surface area contributed by atoms with Crippen LogP contribution < -0.4 is 5.32 Å². The van der Waals surface area contributed by atoms with Crippen LogP contribution in [0.25, 0.3) is 0 Å². The summed E-state index contributed by atoms with van der Waals surface area (Å²) in [5, 5.41) is 3.02. The minimum absolute atomic E-state index is 0.133. The molecule has 2 aliphatic rings. The van der Waals surface area contributed by atoms with Gasteiger partial charge in [-0.15, -0.1) is 0 Å². The summed E-state index contributed by atoms with van der Waals surface area (Å²) in [6, 6.07) is 6.93. The van der Waals surface area contributed by atoms with Crippen LogP contribution in [-0.4, -0.2) is 62.9 Å². The van der Waals surface area contributed by atoms with Gasteiger partial charge in [0, 0.05) is 49.7 Å². The van der Waals surface area contributed by atoms with E-state index in [4.69, 9.17) is 0 Å². The Morgan fingerprint density at radius 2 is 1.97 bits per heavy atom. The fourth-order valence-electron chi connectivity index (χ4n) is 4.60. The second-order valence-electron chi connectivity index (χ2n) is 8.34. The van der Waals surface area contributed by atoms with E-state index in [1.165, 1.54) is 18.5 Å². The topological polar surface area (TPSA) is 77.1 Å². The number of carbonyl (C=O) groups excluding carboxylic acids is 1. The number of rotatable bonds is 6. The van der Waals surface area contributed by atoms with Crippen molar-refractivity contribution in [2.24, 2.45) is 5.92 Å². The van der Waals surface area contributed by atoms with Crippen molar-refractivity contribution in [1.29, 1.82) is 0 Å². The maximum atomic E-state index is 12.4. The Kier molecular flexibility index (Phi) is 6.56. The molecule has 2 aromatic rings. The van der Waals surface area contributed by atoms with Crippen molar-refractivity contribution in [1.82, 2.24) is 30.1 Å². The third-order valence-electron chi connectivity index (χ3n) is 6.29. The maximum Gasteiger partial charge on any atom is 0.223 e. The third kappa shape index (κ3) is 5.42. The lowest BCUT2D eigenvalue weighted by Crippen LogP contribution is -2.49. The molecule has 7 heteroatoms. The zero-order chi connectivity index (χ0) is 20.1. The van der Waals surface area contributed by atoms with Gasteiger partial charge in [-0.25, -0.2) is 4.98 Å². The Balaban J connectivity index is 1.17. The number of aromatic nitrogens is 3. The van der Waals surface area contributed by atoms with E-state index in [2.05, 4.69) is 55.2 Å². The predicted octanol–water partition coefficient (Wildman–Crippen LogP) is 2.11. The highest BCUT2D eigenvalue weighted by Crippen LogP contribution is 2.24. The van der Waals surface area contributed by atoms with Gasteiger partial charge in [-0.3, -0.25) is 14.7 Å². The molecule has 4 rings (SSSR count). The van der Waals surface area contributed by atoms with Crippen LogP contribution in [0.4, 0.5) is 0 Å². The number of nitrogens with one attached hydrogen (secondary N) is 2. The molecule has 0 unspecified atom stereocenters. The molecule has 0 radical (unpaired) electrons. The smallest absolute Gasteiger partial charge is 0.223 e. The van der Waals surface area contributed by atoms with Crippen molar-refractivity contribution in [2.75, 3.05) is 26.2 Å². The first-order valence-electron chi connectivity index (χ1n) is 10.8. The summed E-state index contributed by atoms with van der Waals surface area (Å²) >= 11 is 0. The van der Waals surface area contributed by atoms with E-state index in [1.807, 2.05) is 0 Å². The second-order valence-corrected chi connectivity index (χ2v) is 8.34. The zero-order valence-corrected chi connectivity index (χ0v) is 17.3. The quantitative estimate of drug-likeness (QED) is 0.782. The summed E-state index contributed by atoms with van der Waals surface area (Å²) in [6.07, 6.45) is 7.82. The van der Waals surface area contributed by atoms with E-state index in [0.717, 1.165) is 57.1 Å². The molecule has 2 saturated heterocycles. The van der Waals surface area contributed by atoms with Crippen molar-refractivity contribution in [3.8, 4) is 0 Å². The van der Waals surface area contributed by atoms with E-state index in [9.17, 15) is 4.79 Å². The van der Waals surface area contributed by atoms with Gasteiger partial charge in [0.05, 0.1) is 12.2 Å². The van der Waals surface area contributed by atoms with E-state index >= 15 is 0 Å². The normalized spacial score (nSPS) is 20.0. The number of H-pyrrole nitrogens is 1. The number of aromatic amines is 1. The van der Waals surface area contributed by atoms with E-state index in [-0.39, 0.29) is 11.8 Å². The number of imidazole rings is 1. The number of carbonyl (C=O) groups is 1. The number of piperidine rings is 2. The van der Waals surface area contributed by atoms with Gasteiger partial charge in [-0.2, -0.15) is 0 Å². The molecule has 29 heavy (non-hydrogen) atoms. The Labute approximate surface area is 172 Å². The molecule has 156 valence electrons. The standard InChI is InChI=1S/C22H32N6O/c1-17-3-2-4-19(26-17)16-27-11-7-20(8-12-27)28-13-5-18(6-14-28)22(29)25-15-21-23-9-10-24-21/h2-4,9-10,18,20H,5-8,11-16H2,1H3,(H,23,24)(H,25,29). The molecule has 2 aliphatic heterocycles. The molecular weight excluding hydrogens is 364 g/mol. The molecule has 0 aromatic carbocycles. The number of likely N-dealkylation sites (tertiary alicyclic amines) is 2. The highest BCUT2D eigenvalue weighted by Gasteiger charge is 2.30. The lowest BCUT2D eigenvalue weighted by Gasteiger charge is -2.41. The van der Waals surface area contributed by atoms with Crippen molar-refractivity contribution in [3.05, 3.63) is 47.8 Å². The van der Waals surface area contributed by atoms with Crippen LogP contribution in [0.15, 0.2) is 30.6 Å². The molecule has 2 fully saturated rings. The first-order chi connectivity index (χ1) is 14.2. The molecule has 4 heterocycles. The van der Waals surface area contributed by atoms with Crippen LogP contribution in [0.2, 0.25) is 0 Å². The lowest BCUT2D eigenvalue weighted by atomic mass is 9.92. The summed E-state index contributed by atoms with van der Waals surface area (Å²) in [5.41, 5.74) is 2.26. The van der Waals surface area contributed by atoms with Crippen LogP contribution in [0.5, 0.6) is 0 Å².